The molecule has 0 aliphatic heterocycles. The highest BCUT2D eigenvalue weighted by atomic mass is 16.5. The van der Waals surface area contributed by atoms with E-state index in [-0.39, 0.29) is 0 Å². The van der Waals surface area contributed by atoms with Crippen LogP contribution in [0.2, 0.25) is 0 Å². The first-order chi connectivity index (χ1) is 9.19. The van der Waals surface area contributed by atoms with Crippen LogP contribution in [-0.4, -0.2) is 22.6 Å². The van der Waals surface area contributed by atoms with Gasteiger partial charge in [-0.3, -0.25) is 0 Å². The Bertz CT molecular complexity index is 502. The highest BCUT2D eigenvalue weighted by Crippen LogP contribution is 2.20. The third kappa shape index (κ3) is 3.83. The van der Waals surface area contributed by atoms with Gasteiger partial charge in [-0.15, -0.1) is 0 Å². The Morgan fingerprint density at radius 1 is 1.26 bits per heavy atom. The molecule has 19 heavy (non-hydrogen) atoms. The van der Waals surface area contributed by atoms with Crippen LogP contribution in [0.15, 0.2) is 30.5 Å². The normalized spacial score (nSPS) is 10.9. The van der Waals surface area contributed by atoms with E-state index in [0.717, 1.165) is 29.4 Å². The van der Waals surface area contributed by atoms with Crippen molar-refractivity contribution in [3.05, 3.63) is 36.3 Å². The van der Waals surface area contributed by atoms with E-state index in [0.29, 0.717) is 12.6 Å². The summed E-state index contributed by atoms with van der Waals surface area (Å²) in [4.78, 5) is 7.70. The van der Waals surface area contributed by atoms with Gasteiger partial charge in [0.05, 0.1) is 25.0 Å². The summed E-state index contributed by atoms with van der Waals surface area (Å²) in [5, 5.41) is 3.34. The van der Waals surface area contributed by atoms with E-state index in [9.17, 15) is 0 Å². The molecule has 4 heteroatoms. The smallest absolute Gasteiger partial charge is 0.120 e. The highest BCUT2D eigenvalue weighted by molar-refractivity contribution is 5.59. The molecule has 0 saturated heterocycles. The monoisotopic (exact) mass is 259 g/mol. The zero-order chi connectivity index (χ0) is 13.7. The molecule has 0 aliphatic carbocycles. The first-order valence-corrected chi connectivity index (χ1v) is 6.69. The molecule has 0 radical (unpaired) electrons. The van der Waals surface area contributed by atoms with Gasteiger partial charge in [-0.1, -0.05) is 13.8 Å². The zero-order valence-electron chi connectivity index (χ0n) is 11.7. The lowest BCUT2D eigenvalue weighted by molar-refractivity contribution is 0.340. The van der Waals surface area contributed by atoms with Crippen molar-refractivity contribution in [3.8, 4) is 17.0 Å². The molecule has 2 N–H and O–H groups in total. The molecular formula is C15H21N3O. The van der Waals surface area contributed by atoms with Gasteiger partial charge >= 0.3 is 0 Å². The molecule has 0 saturated carbocycles. The van der Waals surface area contributed by atoms with Crippen LogP contribution in [0.3, 0.4) is 0 Å². The van der Waals surface area contributed by atoms with Crippen LogP contribution in [-0.2, 0) is 6.54 Å². The van der Waals surface area contributed by atoms with E-state index >= 15 is 0 Å². The van der Waals surface area contributed by atoms with Gasteiger partial charge in [-0.25, -0.2) is 4.98 Å². The molecule has 0 atom stereocenters. The van der Waals surface area contributed by atoms with E-state index in [2.05, 4.69) is 29.1 Å². The maximum atomic E-state index is 5.43. The predicted octanol–water partition coefficient (Wildman–Crippen LogP) is 2.97. The largest absolute Gasteiger partial charge is 0.494 e. The average molecular weight is 259 g/mol. The summed E-state index contributed by atoms with van der Waals surface area (Å²) in [6.45, 7) is 7.67. The summed E-state index contributed by atoms with van der Waals surface area (Å²) >= 11 is 0. The van der Waals surface area contributed by atoms with Crippen molar-refractivity contribution in [2.75, 3.05) is 6.61 Å². The number of ether oxygens (including phenoxy) is 1. The Morgan fingerprint density at radius 2 is 2.00 bits per heavy atom. The molecule has 0 spiro atoms. The number of nitrogens with one attached hydrogen (secondary N) is 2. The van der Waals surface area contributed by atoms with Gasteiger partial charge in [-0.05, 0) is 36.8 Å². The number of nitrogens with zero attached hydrogens (tertiary/aromatic N) is 1. The molecule has 4 nitrogen and oxygen atoms in total. The summed E-state index contributed by atoms with van der Waals surface area (Å²) in [6, 6.07) is 8.49. The summed E-state index contributed by atoms with van der Waals surface area (Å²) in [5.41, 5.74) is 2.15. The van der Waals surface area contributed by atoms with Crippen LogP contribution in [0.4, 0.5) is 0 Å². The fraction of sp³-hybridized carbons (Fsp3) is 0.400. The Balaban J connectivity index is 2.05. The van der Waals surface area contributed by atoms with Crippen LogP contribution in [0.1, 0.15) is 26.6 Å². The van der Waals surface area contributed by atoms with Crippen molar-refractivity contribution in [1.29, 1.82) is 0 Å². The highest BCUT2D eigenvalue weighted by Gasteiger charge is 2.04. The molecule has 0 amide bonds. The topological polar surface area (TPSA) is 49.9 Å². The average Bonchev–Trinajstić information content (AvgIpc) is 2.86. The molecule has 0 bridgehead atoms. The van der Waals surface area contributed by atoms with Crippen LogP contribution in [0, 0.1) is 0 Å². The fourth-order valence-corrected chi connectivity index (χ4v) is 1.80. The van der Waals surface area contributed by atoms with Crippen LogP contribution in [0.25, 0.3) is 11.3 Å². The van der Waals surface area contributed by atoms with Gasteiger partial charge in [0.25, 0.3) is 0 Å². The van der Waals surface area contributed by atoms with Crippen molar-refractivity contribution >= 4 is 0 Å². The van der Waals surface area contributed by atoms with Crippen molar-refractivity contribution in [3.63, 3.8) is 0 Å². The third-order valence-corrected chi connectivity index (χ3v) is 2.78. The van der Waals surface area contributed by atoms with Gasteiger partial charge in [0, 0.05) is 6.04 Å². The first-order valence-electron chi connectivity index (χ1n) is 6.69. The van der Waals surface area contributed by atoms with Gasteiger partial charge < -0.3 is 15.0 Å². The van der Waals surface area contributed by atoms with Crippen molar-refractivity contribution in [1.82, 2.24) is 15.3 Å². The Kier molecular flexibility index (Phi) is 4.58. The fourth-order valence-electron chi connectivity index (χ4n) is 1.80. The molecule has 0 fully saturated rings. The van der Waals surface area contributed by atoms with Crippen molar-refractivity contribution in [2.24, 2.45) is 0 Å². The molecule has 2 rings (SSSR count). The van der Waals surface area contributed by atoms with E-state index in [1.807, 2.05) is 37.4 Å². The number of hydrogen-bond donors (Lipinski definition) is 2. The second kappa shape index (κ2) is 6.38. The number of H-pyrrole nitrogens is 1. The Labute approximate surface area is 114 Å². The quantitative estimate of drug-likeness (QED) is 0.838. The standard InChI is InChI=1S/C15H21N3O/c1-4-19-13-7-5-12(6-8-13)14-9-17-15(18-14)10-16-11(2)3/h5-9,11,16H,4,10H2,1-3H3,(H,17,18). The lowest BCUT2D eigenvalue weighted by atomic mass is 10.2. The SMILES string of the molecule is CCOc1ccc(-c2cnc(CNC(C)C)[nH]2)cc1. The number of aromatic amines is 1. The first kappa shape index (κ1) is 13.6. The van der Waals surface area contributed by atoms with Crippen LogP contribution >= 0.6 is 0 Å². The molecule has 1 aromatic heterocycles. The minimum absolute atomic E-state index is 0.457. The number of rotatable bonds is 6. The van der Waals surface area contributed by atoms with E-state index in [4.69, 9.17) is 4.74 Å². The number of imidazole rings is 1. The third-order valence-electron chi connectivity index (χ3n) is 2.78. The molecule has 102 valence electrons. The molecule has 0 aliphatic rings. The van der Waals surface area contributed by atoms with Crippen LogP contribution < -0.4 is 10.1 Å². The number of hydrogen-bond acceptors (Lipinski definition) is 3. The maximum Gasteiger partial charge on any atom is 0.120 e. The minimum Gasteiger partial charge on any atom is -0.494 e. The second-order valence-electron chi connectivity index (χ2n) is 4.74. The lowest BCUT2D eigenvalue weighted by Gasteiger charge is -2.05. The Hall–Kier alpha value is -1.81. The molecular weight excluding hydrogens is 238 g/mol. The van der Waals surface area contributed by atoms with E-state index in [1.165, 1.54) is 0 Å². The lowest BCUT2D eigenvalue weighted by Crippen LogP contribution is -2.22. The molecule has 1 heterocycles. The molecule has 0 unspecified atom stereocenters. The Morgan fingerprint density at radius 3 is 2.63 bits per heavy atom. The molecule has 1 aromatic carbocycles. The summed E-state index contributed by atoms with van der Waals surface area (Å²) in [7, 11) is 0. The number of aromatic nitrogens is 2. The summed E-state index contributed by atoms with van der Waals surface area (Å²) in [5.74, 6) is 1.85. The minimum atomic E-state index is 0.457. The maximum absolute atomic E-state index is 5.43. The van der Waals surface area contributed by atoms with Gasteiger partial charge in [0.15, 0.2) is 0 Å². The molecule has 2 aromatic rings. The second-order valence-corrected chi connectivity index (χ2v) is 4.74. The van der Waals surface area contributed by atoms with Gasteiger partial charge in [0.2, 0.25) is 0 Å². The summed E-state index contributed by atoms with van der Waals surface area (Å²) in [6.07, 6.45) is 1.87. The number of benzene rings is 1. The van der Waals surface area contributed by atoms with Gasteiger partial charge in [-0.2, -0.15) is 0 Å². The van der Waals surface area contributed by atoms with E-state index in [1.54, 1.807) is 0 Å². The van der Waals surface area contributed by atoms with Crippen molar-refractivity contribution in [2.45, 2.75) is 33.4 Å². The van der Waals surface area contributed by atoms with Crippen molar-refractivity contribution < 1.29 is 4.74 Å². The summed E-state index contributed by atoms with van der Waals surface area (Å²) < 4.78 is 5.43. The predicted molar refractivity (Wildman–Crippen MR) is 77.2 cm³/mol. The van der Waals surface area contributed by atoms with E-state index < -0.39 is 0 Å². The zero-order valence-corrected chi connectivity index (χ0v) is 11.7. The van der Waals surface area contributed by atoms with Gasteiger partial charge in [0.1, 0.15) is 11.6 Å². The van der Waals surface area contributed by atoms with Crippen LogP contribution in [0.5, 0.6) is 5.75 Å².